The molecule has 4 rings (SSSR count). The number of hydrogen-bond donors (Lipinski definition) is 1. The Balaban J connectivity index is 1.52. The van der Waals surface area contributed by atoms with Gasteiger partial charge in [0.15, 0.2) is 0 Å². The van der Waals surface area contributed by atoms with Crippen LogP contribution in [0.3, 0.4) is 0 Å². The minimum atomic E-state index is -1.15. The van der Waals surface area contributed by atoms with Gasteiger partial charge in [0.2, 0.25) is 5.91 Å². The molecular formula is C27H39N3O3. The molecule has 2 aliphatic carbocycles. The van der Waals surface area contributed by atoms with Crippen LogP contribution < -0.4 is 5.32 Å². The lowest BCUT2D eigenvalue weighted by molar-refractivity contribution is -0.143. The van der Waals surface area contributed by atoms with E-state index in [0.29, 0.717) is 5.92 Å². The molecule has 1 aromatic carbocycles. The monoisotopic (exact) mass is 453 g/mol. The molecule has 0 spiro atoms. The molecule has 1 heterocycles. The van der Waals surface area contributed by atoms with Gasteiger partial charge in [0.25, 0.3) is 5.91 Å². The Bertz CT molecular complexity index is 851. The average molecular weight is 454 g/mol. The third-order valence-electron chi connectivity index (χ3n) is 7.95. The van der Waals surface area contributed by atoms with Gasteiger partial charge in [0.1, 0.15) is 12.1 Å². The molecule has 6 heteroatoms. The maximum atomic E-state index is 13.6. The number of amides is 4. The predicted molar refractivity (Wildman–Crippen MR) is 129 cm³/mol. The van der Waals surface area contributed by atoms with E-state index in [1.807, 2.05) is 24.3 Å². The Morgan fingerprint density at radius 1 is 0.970 bits per heavy atom. The van der Waals surface area contributed by atoms with Crippen LogP contribution in [0, 0.1) is 0 Å². The van der Waals surface area contributed by atoms with Crippen molar-refractivity contribution in [3.05, 3.63) is 35.4 Å². The Labute approximate surface area is 198 Å². The highest BCUT2D eigenvalue weighted by Crippen LogP contribution is 2.33. The van der Waals surface area contributed by atoms with E-state index >= 15 is 0 Å². The molecule has 1 N–H and O–H groups in total. The summed E-state index contributed by atoms with van der Waals surface area (Å²) in [6.45, 7) is 5.81. The second-order valence-electron chi connectivity index (χ2n) is 10.6. The summed E-state index contributed by atoms with van der Waals surface area (Å²) in [4.78, 5) is 43.1. The number of nitrogens with one attached hydrogen (secondary N) is 1. The third-order valence-corrected chi connectivity index (χ3v) is 7.95. The van der Waals surface area contributed by atoms with Gasteiger partial charge in [-0.3, -0.25) is 14.5 Å². The summed E-state index contributed by atoms with van der Waals surface area (Å²) >= 11 is 0. The average Bonchev–Trinajstić information content (AvgIpc) is 3.04. The summed E-state index contributed by atoms with van der Waals surface area (Å²) in [7, 11) is 0. The molecule has 1 atom stereocenters. The van der Waals surface area contributed by atoms with Crippen molar-refractivity contribution in [1.29, 1.82) is 0 Å². The summed E-state index contributed by atoms with van der Waals surface area (Å²) in [6.07, 6.45) is 11.2. The quantitative estimate of drug-likeness (QED) is 0.611. The Kier molecular flexibility index (Phi) is 7.10. The highest BCUT2D eigenvalue weighted by Gasteiger charge is 2.50. The van der Waals surface area contributed by atoms with Crippen LogP contribution in [0.4, 0.5) is 4.79 Å². The standard InChI is InChI=1S/C27H39N3O3/c1-19(2)20-14-16-21(17-15-20)27(3)25(32)29(26(33)28-27)18-24(31)30(22-10-6-4-7-11-22)23-12-8-5-9-13-23/h14-17,19,22-23H,4-13,18H2,1-3H3,(H,28,33). The summed E-state index contributed by atoms with van der Waals surface area (Å²) in [5.74, 6) is -0.0255. The van der Waals surface area contributed by atoms with E-state index in [9.17, 15) is 14.4 Å². The summed E-state index contributed by atoms with van der Waals surface area (Å²) < 4.78 is 0. The normalized spacial score (nSPS) is 24.9. The Morgan fingerprint density at radius 3 is 1.97 bits per heavy atom. The second-order valence-corrected chi connectivity index (χ2v) is 10.6. The van der Waals surface area contributed by atoms with Crippen molar-refractivity contribution in [2.45, 2.75) is 109 Å². The van der Waals surface area contributed by atoms with Gasteiger partial charge in [-0.15, -0.1) is 0 Å². The van der Waals surface area contributed by atoms with Gasteiger partial charge in [0, 0.05) is 12.1 Å². The van der Waals surface area contributed by atoms with Crippen LogP contribution in [0.2, 0.25) is 0 Å². The van der Waals surface area contributed by atoms with Gasteiger partial charge in [-0.1, -0.05) is 76.6 Å². The van der Waals surface area contributed by atoms with Gasteiger partial charge >= 0.3 is 6.03 Å². The van der Waals surface area contributed by atoms with Crippen LogP contribution in [0.15, 0.2) is 24.3 Å². The van der Waals surface area contributed by atoms with Gasteiger partial charge in [-0.25, -0.2) is 4.79 Å². The molecule has 2 saturated carbocycles. The SMILES string of the molecule is CC(C)c1ccc(C2(C)NC(=O)N(CC(=O)N(C3CCCCC3)C3CCCCC3)C2=O)cc1. The summed E-state index contributed by atoms with van der Waals surface area (Å²) in [5.41, 5.74) is 0.784. The van der Waals surface area contributed by atoms with Gasteiger partial charge < -0.3 is 10.2 Å². The number of benzene rings is 1. The van der Waals surface area contributed by atoms with Crippen LogP contribution in [0.5, 0.6) is 0 Å². The van der Waals surface area contributed by atoms with E-state index in [1.54, 1.807) is 6.92 Å². The summed E-state index contributed by atoms with van der Waals surface area (Å²) in [6, 6.07) is 7.84. The number of carbonyl (C=O) groups excluding carboxylic acids is 3. The minimum Gasteiger partial charge on any atom is -0.335 e. The van der Waals surface area contributed by atoms with Crippen molar-refractivity contribution in [3.8, 4) is 0 Å². The molecule has 1 aliphatic heterocycles. The van der Waals surface area contributed by atoms with Crippen LogP contribution in [0.25, 0.3) is 0 Å². The molecule has 0 bridgehead atoms. The number of carbonyl (C=O) groups is 3. The van der Waals surface area contributed by atoms with Crippen LogP contribution in [-0.2, 0) is 15.1 Å². The van der Waals surface area contributed by atoms with Crippen molar-refractivity contribution in [2.75, 3.05) is 6.54 Å². The molecular weight excluding hydrogens is 414 g/mol. The lowest BCUT2D eigenvalue weighted by Gasteiger charge is -2.42. The Hall–Kier alpha value is -2.37. The summed E-state index contributed by atoms with van der Waals surface area (Å²) in [5, 5.41) is 2.87. The van der Waals surface area contributed by atoms with Crippen molar-refractivity contribution in [1.82, 2.24) is 15.1 Å². The number of rotatable bonds is 6. The van der Waals surface area contributed by atoms with E-state index < -0.39 is 11.6 Å². The van der Waals surface area contributed by atoms with Crippen LogP contribution >= 0.6 is 0 Å². The number of imide groups is 1. The molecule has 180 valence electrons. The van der Waals surface area contributed by atoms with Crippen molar-refractivity contribution in [2.24, 2.45) is 0 Å². The van der Waals surface area contributed by atoms with Gasteiger partial charge in [-0.05, 0) is 49.7 Å². The smallest absolute Gasteiger partial charge is 0.325 e. The van der Waals surface area contributed by atoms with E-state index in [0.717, 1.165) is 61.8 Å². The fourth-order valence-electron chi connectivity index (χ4n) is 5.88. The number of nitrogens with zero attached hydrogens (tertiary/aromatic N) is 2. The highest BCUT2D eigenvalue weighted by molar-refractivity contribution is 6.09. The van der Waals surface area contributed by atoms with E-state index in [2.05, 4.69) is 24.1 Å². The van der Waals surface area contributed by atoms with Crippen LogP contribution in [0.1, 0.15) is 102 Å². The molecule has 1 unspecified atom stereocenters. The zero-order chi connectivity index (χ0) is 23.6. The molecule has 1 aromatic rings. The van der Waals surface area contributed by atoms with Gasteiger partial charge in [-0.2, -0.15) is 0 Å². The third kappa shape index (κ3) is 4.80. The lowest BCUT2D eigenvalue weighted by atomic mass is 9.88. The second kappa shape index (κ2) is 9.86. The van der Waals surface area contributed by atoms with E-state index in [-0.39, 0.29) is 30.4 Å². The molecule has 6 nitrogen and oxygen atoms in total. The number of hydrogen-bond acceptors (Lipinski definition) is 3. The molecule has 1 saturated heterocycles. The fourth-order valence-corrected chi connectivity index (χ4v) is 5.88. The molecule has 33 heavy (non-hydrogen) atoms. The first-order valence-corrected chi connectivity index (χ1v) is 12.9. The molecule has 0 radical (unpaired) electrons. The number of urea groups is 1. The van der Waals surface area contributed by atoms with Crippen molar-refractivity contribution >= 4 is 17.8 Å². The topological polar surface area (TPSA) is 69.7 Å². The van der Waals surface area contributed by atoms with Crippen molar-refractivity contribution in [3.63, 3.8) is 0 Å². The molecule has 0 aromatic heterocycles. The lowest BCUT2D eigenvalue weighted by Crippen LogP contribution is -2.53. The maximum Gasteiger partial charge on any atom is 0.325 e. The van der Waals surface area contributed by atoms with Crippen molar-refractivity contribution < 1.29 is 14.4 Å². The maximum absolute atomic E-state index is 13.6. The van der Waals surface area contributed by atoms with Crippen LogP contribution in [-0.4, -0.2) is 46.3 Å². The molecule has 3 fully saturated rings. The van der Waals surface area contributed by atoms with E-state index in [1.165, 1.54) is 18.4 Å². The first-order valence-electron chi connectivity index (χ1n) is 12.9. The van der Waals surface area contributed by atoms with Gasteiger partial charge in [0.05, 0.1) is 0 Å². The first kappa shape index (κ1) is 23.8. The Morgan fingerprint density at radius 2 is 1.48 bits per heavy atom. The minimum absolute atomic E-state index is 0.0725. The first-order chi connectivity index (χ1) is 15.8. The highest BCUT2D eigenvalue weighted by atomic mass is 16.2. The fraction of sp³-hybridized carbons (Fsp3) is 0.667. The van der Waals surface area contributed by atoms with E-state index in [4.69, 9.17) is 0 Å². The molecule has 3 aliphatic rings. The predicted octanol–water partition coefficient (Wildman–Crippen LogP) is 5.07. The zero-order valence-electron chi connectivity index (χ0n) is 20.4. The molecule has 4 amide bonds. The largest absolute Gasteiger partial charge is 0.335 e. The zero-order valence-corrected chi connectivity index (χ0v) is 20.4.